The van der Waals surface area contributed by atoms with Crippen LogP contribution >= 0.6 is 0 Å². The van der Waals surface area contributed by atoms with Crippen LogP contribution in [0.1, 0.15) is 29.6 Å². The molecule has 5 heteroatoms. The van der Waals surface area contributed by atoms with Crippen LogP contribution in [0, 0.1) is 0 Å². The molecule has 1 aromatic carbocycles. The highest BCUT2D eigenvalue weighted by Gasteiger charge is 2.30. The fourth-order valence-corrected chi connectivity index (χ4v) is 4.04. The van der Waals surface area contributed by atoms with Crippen LogP contribution in [-0.4, -0.2) is 54.1 Å². The molecule has 1 saturated heterocycles. The van der Waals surface area contributed by atoms with E-state index in [1.54, 1.807) is 0 Å². The standard InChI is InChI=1S/C21H24N4O/c26-21(22-15-7-8-15)18-13-20(23-19-6-2-1-5-17(18)19)25-12-9-16(14-25)24-10-3-4-11-24/h1-6,13,15-16H,7-12,14H2,(H,22,26)/t16-/m1/s1. The Morgan fingerprint density at radius 2 is 1.92 bits per heavy atom. The molecule has 1 N–H and O–H groups in total. The molecule has 5 nitrogen and oxygen atoms in total. The Morgan fingerprint density at radius 3 is 2.73 bits per heavy atom. The van der Waals surface area contributed by atoms with Crippen LogP contribution < -0.4 is 10.2 Å². The van der Waals surface area contributed by atoms with Gasteiger partial charge in [-0.25, -0.2) is 4.98 Å². The Balaban J connectivity index is 1.45. The maximum absolute atomic E-state index is 12.8. The van der Waals surface area contributed by atoms with E-state index in [2.05, 4.69) is 27.3 Å². The molecule has 0 unspecified atom stereocenters. The summed E-state index contributed by atoms with van der Waals surface area (Å²) in [5.41, 5.74) is 1.65. The first kappa shape index (κ1) is 15.8. The van der Waals surface area contributed by atoms with E-state index >= 15 is 0 Å². The number of anilines is 1. The van der Waals surface area contributed by atoms with Crippen molar-refractivity contribution < 1.29 is 4.79 Å². The number of fused-ring (bicyclic) bond motifs is 1. The van der Waals surface area contributed by atoms with Gasteiger partial charge in [0.2, 0.25) is 0 Å². The second-order valence-corrected chi connectivity index (χ2v) is 7.61. The van der Waals surface area contributed by atoms with Crippen molar-refractivity contribution in [2.45, 2.75) is 31.3 Å². The van der Waals surface area contributed by atoms with E-state index in [4.69, 9.17) is 4.98 Å². The fourth-order valence-electron chi connectivity index (χ4n) is 4.04. The maximum atomic E-state index is 12.8. The van der Waals surface area contributed by atoms with Crippen LogP contribution in [0.15, 0.2) is 42.5 Å². The van der Waals surface area contributed by atoms with Crippen molar-refractivity contribution in [3.8, 4) is 0 Å². The Hall–Kier alpha value is -2.40. The van der Waals surface area contributed by atoms with E-state index in [9.17, 15) is 4.79 Å². The summed E-state index contributed by atoms with van der Waals surface area (Å²) in [6.45, 7) is 4.09. The molecule has 0 bridgehead atoms. The van der Waals surface area contributed by atoms with Crippen molar-refractivity contribution >= 4 is 22.6 Å². The number of para-hydroxylation sites is 1. The van der Waals surface area contributed by atoms with Gasteiger partial charge in [0.05, 0.1) is 11.1 Å². The molecular weight excluding hydrogens is 324 g/mol. The number of benzene rings is 1. The van der Waals surface area contributed by atoms with Crippen LogP contribution in [0.25, 0.3) is 10.9 Å². The second-order valence-electron chi connectivity index (χ2n) is 7.61. The molecule has 3 aliphatic rings. The van der Waals surface area contributed by atoms with Gasteiger partial charge in [-0.3, -0.25) is 9.69 Å². The third kappa shape index (κ3) is 2.97. The predicted molar refractivity (Wildman–Crippen MR) is 104 cm³/mol. The minimum Gasteiger partial charge on any atom is -0.355 e. The molecule has 2 aromatic rings. The van der Waals surface area contributed by atoms with E-state index in [-0.39, 0.29) is 5.91 Å². The lowest BCUT2D eigenvalue weighted by Gasteiger charge is -2.24. The monoisotopic (exact) mass is 348 g/mol. The summed E-state index contributed by atoms with van der Waals surface area (Å²) in [4.78, 5) is 22.5. The topological polar surface area (TPSA) is 48.5 Å². The number of amides is 1. The molecule has 5 rings (SSSR count). The van der Waals surface area contributed by atoms with Crippen LogP contribution in [0.5, 0.6) is 0 Å². The largest absolute Gasteiger partial charge is 0.355 e. The van der Waals surface area contributed by atoms with E-state index < -0.39 is 0 Å². The number of rotatable bonds is 4. The van der Waals surface area contributed by atoms with Crippen molar-refractivity contribution in [1.82, 2.24) is 15.2 Å². The number of nitrogens with one attached hydrogen (secondary N) is 1. The fraction of sp³-hybridized carbons (Fsp3) is 0.429. The summed E-state index contributed by atoms with van der Waals surface area (Å²) < 4.78 is 0. The summed E-state index contributed by atoms with van der Waals surface area (Å²) in [5, 5.41) is 4.07. The van der Waals surface area contributed by atoms with E-state index in [1.165, 1.54) is 0 Å². The van der Waals surface area contributed by atoms with Gasteiger partial charge in [-0.15, -0.1) is 0 Å². The highest BCUT2D eigenvalue weighted by molar-refractivity contribution is 6.07. The summed E-state index contributed by atoms with van der Waals surface area (Å²) in [5.74, 6) is 0.964. The van der Waals surface area contributed by atoms with E-state index in [0.29, 0.717) is 12.1 Å². The smallest absolute Gasteiger partial charge is 0.252 e. The van der Waals surface area contributed by atoms with Crippen LogP contribution in [-0.2, 0) is 0 Å². The number of carbonyl (C=O) groups is 1. The Morgan fingerprint density at radius 1 is 1.12 bits per heavy atom. The minimum atomic E-state index is 0.0341. The third-order valence-electron chi connectivity index (χ3n) is 5.71. The van der Waals surface area contributed by atoms with E-state index in [0.717, 1.165) is 67.7 Å². The third-order valence-corrected chi connectivity index (χ3v) is 5.71. The van der Waals surface area contributed by atoms with Gasteiger partial charge >= 0.3 is 0 Å². The molecule has 1 aromatic heterocycles. The molecule has 1 amide bonds. The summed E-state index contributed by atoms with van der Waals surface area (Å²) in [7, 11) is 0. The molecule has 2 aliphatic heterocycles. The average molecular weight is 348 g/mol. The first-order valence-corrected chi connectivity index (χ1v) is 9.62. The number of carbonyl (C=O) groups excluding carboxylic acids is 1. The maximum Gasteiger partial charge on any atom is 0.252 e. The number of hydrogen-bond donors (Lipinski definition) is 1. The molecule has 1 saturated carbocycles. The quantitative estimate of drug-likeness (QED) is 0.863. The molecule has 26 heavy (non-hydrogen) atoms. The summed E-state index contributed by atoms with van der Waals surface area (Å²) in [6.07, 6.45) is 7.84. The second kappa shape index (κ2) is 6.40. The lowest BCUT2D eigenvalue weighted by atomic mass is 10.1. The lowest BCUT2D eigenvalue weighted by molar-refractivity contribution is 0.0952. The van der Waals surface area contributed by atoms with Crippen LogP contribution in [0.3, 0.4) is 0 Å². The van der Waals surface area contributed by atoms with Crippen LogP contribution in [0.4, 0.5) is 5.82 Å². The van der Waals surface area contributed by atoms with Gasteiger partial charge in [-0.2, -0.15) is 0 Å². The Labute approximate surface area is 153 Å². The summed E-state index contributed by atoms with van der Waals surface area (Å²) >= 11 is 0. The molecule has 0 spiro atoms. The zero-order valence-electron chi connectivity index (χ0n) is 14.9. The summed E-state index contributed by atoms with van der Waals surface area (Å²) in [6, 6.07) is 10.9. The molecule has 0 radical (unpaired) electrons. The molecular formula is C21H24N4O. The average Bonchev–Trinajstić information content (AvgIpc) is 3.14. The van der Waals surface area contributed by atoms with Crippen LogP contribution in [0.2, 0.25) is 0 Å². The van der Waals surface area contributed by atoms with Crippen molar-refractivity contribution in [3.63, 3.8) is 0 Å². The lowest BCUT2D eigenvalue weighted by Crippen LogP contribution is -2.36. The zero-order chi connectivity index (χ0) is 17.5. The number of hydrogen-bond acceptors (Lipinski definition) is 4. The van der Waals surface area contributed by atoms with Crippen molar-refractivity contribution in [2.24, 2.45) is 0 Å². The van der Waals surface area contributed by atoms with Gasteiger partial charge in [-0.05, 0) is 31.4 Å². The number of nitrogens with zero attached hydrogens (tertiary/aromatic N) is 3. The van der Waals surface area contributed by atoms with Gasteiger partial charge in [0.1, 0.15) is 5.82 Å². The van der Waals surface area contributed by atoms with Crippen molar-refractivity contribution in [3.05, 3.63) is 48.0 Å². The Bertz CT molecular complexity index is 865. The zero-order valence-corrected chi connectivity index (χ0v) is 14.9. The van der Waals surface area contributed by atoms with Gasteiger partial charge in [0, 0.05) is 43.6 Å². The van der Waals surface area contributed by atoms with E-state index in [1.807, 2.05) is 30.3 Å². The molecule has 1 aliphatic carbocycles. The van der Waals surface area contributed by atoms with Crippen molar-refractivity contribution in [1.29, 1.82) is 0 Å². The molecule has 134 valence electrons. The number of aromatic nitrogens is 1. The normalized spacial score (nSPS) is 23.1. The molecule has 2 fully saturated rings. The highest BCUT2D eigenvalue weighted by Crippen LogP contribution is 2.28. The van der Waals surface area contributed by atoms with Crippen molar-refractivity contribution in [2.75, 3.05) is 31.1 Å². The molecule has 3 heterocycles. The van der Waals surface area contributed by atoms with Gasteiger partial charge in [-0.1, -0.05) is 30.4 Å². The highest BCUT2D eigenvalue weighted by atomic mass is 16.1. The first-order chi connectivity index (χ1) is 12.8. The van der Waals surface area contributed by atoms with Gasteiger partial charge in [0.15, 0.2) is 0 Å². The SMILES string of the molecule is O=C(NC1CC1)c1cc(N2CC[C@@H](N3CC=CC3)C2)nc2ccccc12. The first-order valence-electron chi connectivity index (χ1n) is 9.62. The van der Waals surface area contributed by atoms with Gasteiger partial charge in [0.25, 0.3) is 5.91 Å². The Kier molecular flexibility index (Phi) is 3.89. The number of pyridine rings is 1. The predicted octanol–water partition coefficient (Wildman–Crippen LogP) is 2.58. The molecule has 1 atom stereocenters. The minimum absolute atomic E-state index is 0.0341. The van der Waals surface area contributed by atoms with Gasteiger partial charge < -0.3 is 10.2 Å².